The summed E-state index contributed by atoms with van der Waals surface area (Å²) in [6.07, 6.45) is 4.34. The number of carboxylic acid groups (broad SMARTS) is 1. The van der Waals surface area contributed by atoms with Crippen LogP contribution in [0.3, 0.4) is 0 Å². The van der Waals surface area contributed by atoms with E-state index in [4.69, 9.17) is 5.11 Å². The lowest BCUT2D eigenvalue weighted by Crippen LogP contribution is -2.37. The van der Waals surface area contributed by atoms with Gasteiger partial charge in [0.15, 0.2) is 0 Å². The number of carbonyl (C=O) groups is 1. The Kier molecular flexibility index (Phi) is 3.16. The Hall–Kier alpha value is -1.41. The van der Waals surface area contributed by atoms with Crippen molar-refractivity contribution in [2.45, 2.75) is 17.7 Å². The summed E-state index contributed by atoms with van der Waals surface area (Å²) in [7, 11) is -3.75. The largest absolute Gasteiger partial charge is 0.480 e. The third-order valence-electron chi connectivity index (χ3n) is 2.58. The zero-order chi connectivity index (χ0) is 12.5. The van der Waals surface area contributed by atoms with Gasteiger partial charge in [0.2, 0.25) is 10.0 Å². The van der Waals surface area contributed by atoms with Gasteiger partial charge < -0.3 is 5.11 Å². The third kappa shape index (κ3) is 2.83. The van der Waals surface area contributed by atoms with E-state index in [0.29, 0.717) is 0 Å². The zero-order valence-corrected chi connectivity index (χ0v) is 9.85. The van der Waals surface area contributed by atoms with E-state index in [9.17, 15) is 13.2 Å². The molecule has 1 aliphatic rings. The Morgan fingerprint density at radius 3 is 2.76 bits per heavy atom. The molecule has 8 heteroatoms. The fraction of sp³-hybridized carbons (Fsp3) is 0.556. The Labute approximate surface area is 98.5 Å². The lowest BCUT2D eigenvalue weighted by atomic mass is 10.4. The number of rotatable bonds is 6. The van der Waals surface area contributed by atoms with Crippen LogP contribution in [0.1, 0.15) is 12.8 Å². The highest BCUT2D eigenvalue weighted by Gasteiger charge is 2.33. The minimum atomic E-state index is -3.75. The number of aromatic amines is 1. The van der Waals surface area contributed by atoms with E-state index >= 15 is 0 Å². The molecule has 94 valence electrons. The SMILES string of the molecule is O=C(O)CN(CC1CC1)S(=O)(=O)c1cn[nH]c1. The molecular formula is C9H13N3O4S. The summed E-state index contributed by atoms with van der Waals surface area (Å²) in [5.41, 5.74) is 0. The molecule has 1 saturated carbocycles. The smallest absolute Gasteiger partial charge is 0.318 e. The molecule has 0 aliphatic heterocycles. The van der Waals surface area contributed by atoms with Crippen molar-refractivity contribution >= 4 is 16.0 Å². The van der Waals surface area contributed by atoms with E-state index in [2.05, 4.69) is 10.2 Å². The molecule has 1 fully saturated rings. The van der Waals surface area contributed by atoms with Gasteiger partial charge in [0.25, 0.3) is 0 Å². The van der Waals surface area contributed by atoms with Crippen molar-refractivity contribution in [3.63, 3.8) is 0 Å². The van der Waals surface area contributed by atoms with Crippen molar-refractivity contribution in [1.82, 2.24) is 14.5 Å². The van der Waals surface area contributed by atoms with Crippen molar-refractivity contribution in [2.75, 3.05) is 13.1 Å². The van der Waals surface area contributed by atoms with Crippen LogP contribution in [0.25, 0.3) is 0 Å². The molecule has 0 spiro atoms. The topological polar surface area (TPSA) is 103 Å². The number of H-pyrrole nitrogens is 1. The molecule has 2 N–H and O–H groups in total. The van der Waals surface area contributed by atoms with Crippen LogP contribution in [0.2, 0.25) is 0 Å². The van der Waals surface area contributed by atoms with Gasteiger partial charge in [0, 0.05) is 12.7 Å². The standard InChI is InChI=1S/C9H13N3O4S/c13-9(14)6-12(5-7-1-2-7)17(15,16)8-3-10-11-4-8/h3-4,7H,1-2,5-6H2,(H,10,11)(H,13,14). The van der Waals surface area contributed by atoms with Gasteiger partial charge in [-0.2, -0.15) is 9.40 Å². The Morgan fingerprint density at radius 2 is 2.29 bits per heavy atom. The summed E-state index contributed by atoms with van der Waals surface area (Å²) in [4.78, 5) is 10.7. The van der Waals surface area contributed by atoms with Crippen LogP contribution in [-0.2, 0) is 14.8 Å². The van der Waals surface area contributed by atoms with Crippen LogP contribution >= 0.6 is 0 Å². The highest BCUT2D eigenvalue weighted by Crippen LogP contribution is 2.31. The normalized spacial score (nSPS) is 16.3. The predicted molar refractivity (Wildman–Crippen MR) is 57.7 cm³/mol. The summed E-state index contributed by atoms with van der Waals surface area (Å²) in [5, 5.41) is 14.7. The minimum Gasteiger partial charge on any atom is -0.480 e. The molecule has 2 rings (SSSR count). The predicted octanol–water partition coefficient (Wildman–Crippen LogP) is -0.105. The Balaban J connectivity index is 2.21. The van der Waals surface area contributed by atoms with Crippen molar-refractivity contribution in [1.29, 1.82) is 0 Å². The molecule has 1 aromatic rings. The summed E-state index contributed by atoms with van der Waals surface area (Å²) in [6, 6.07) is 0. The van der Waals surface area contributed by atoms with E-state index in [1.54, 1.807) is 0 Å². The number of hydrogen-bond donors (Lipinski definition) is 2. The lowest BCUT2D eigenvalue weighted by molar-refractivity contribution is -0.137. The second kappa shape index (κ2) is 4.46. The first kappa shape index (κ1) is 12.1. The molecular weight excluding hydrogens is 246 g/mol. The van der Waals surface area contributed by atoms with Gasteiger partial charge in [-0.15, -0.1) is 0 Å². The van der Waals surface area contributed by atoms with Gasteiger partial charge in [-0.25, -0.2) is 8.42 Å². The van der Waals surface area contributed by atoms with Crippen LogP contribution in [0.15, 0.2) is 17.3 Å². The van der Waals surface area contributed by atoms with Crippen LogP contribution in [0.4, 0.5) is 0 Å². The molecule has 1 heterocycles. The van der Waals surface area contributed by atoms with Crippen LogP contribution in [0.5, 0.6) is 0 Å². The molecule has 0 amide bonds. The first-order valence-electron chi connectivity index (χ1n) is 5.21. The van der Waals surface area contributed by atoms with Crippen molar-refractivity contribution in [3.8, 4) is 0 Å². The maximum atomic E-state index is 12.1. The average molecular weight is 259 g/mol. The number of nitrogens with one attached hydrogen (secondary N) is 1. The summed E-state index contributed by atoms with van der Waals surface area (Å²) >= 11 is 0. The number of hydrogen-bond acceptors (Lipinski definition) is 4. The Morgan fingerprint density at radius 1 is 1.59 bits per heavy atom. The number of carboxylic acids is 1. The lowest BCUT2D eigenvalue weighted by Gasteiger charge is -2.18. The van der Waals surface area contributed by atoms with Gasteiger partial charge in [0.1, 0.15) is 11.4 Å². The monoisotopic (exact) mass is 259 g/mol. The van der Waals surface area contributed by atoms with Crippen molar-refractivity contribution in [3.05, 3.63) is 12.4 Å². The average Bonchev–Trinajstić information content (AvgIpc) is 2.88. The number of sulfonamides is 1. The number of aliphatic carboxylic acids is 1. The first-order chi connectivity index (χ1) is 8.00. The van der Waals surface area contributed by atoms with E-state index in [1.807, 2.05) is 0 Å². The third-order valence-corrected chi connectivity index (χ3v) is 4.36. The minimum absolute atomic E-state index is 0.000556. The van der Waals surface area contributed by atoms with Gasteiger partial charge >= 0.3 is 5.97 Å². The molecule has 0 radical (unpaired) electrons. The molecule has 0 saturated heterocycles. The highest BCUT2D eigenvalue weighted by molar-refractivity contribution is 7.89. The van der Waals surface area contributed by atoms with Gasteiger partial charge in [-0.3, -0.25) is 9.89 Å². The van der Waals surface area contributed by atoms with Gasteiger partial charge in [0.05, 0.1) is 6.20 Å². The van der Waals surface area contributed by atoms with Crippen molar-refractivity contribution < 1.29 is 18.3 Å². The first-order valence-corrected chi connectivity index (χ1v) is 6.65. The molecule has 0 atom stereocenters. The van der Waals surface area contributed by atoms with Gasteiger partial charge in [-0.05, 0) is 18.8 Å². The molecule has 1 aliphatic carbocycles. The van der Waals surface area contributed by atoms with E-state index < -0.39 is 22.5 Å². The second-order valence-corrected chi connectivity index (χ2v) is 6.01. The fourth-order valence-corrected chi connectivity index (χ4v) is 2.89. The van der Waals surface area contributed by atoms with Crippen LogP contribution in [-0.4, -0.2) is 47.1 Å². The molecule has 0 bridgehead atoms. The summed E-state index contributed by atoms with van der Waals surface area (Å²) in [6.45, 7) is -0.246. The van der Waals surface area contributed by atoms with E-state index in [-0.39, 0.29) is 17.4 Å². The van der Waals surface area contributed by atoms with E-state index in [0.717, 1.165) is 17.1 Å². The molecule has 7 nitrogen and oxygen atoms in total. The van der Waals surface area contributed by atoms with Crippen LogP contribution in [0, 0.1) is 5.92 Å². The molecule has 0 aromatic carbocycles. The zero-order valence-electron chi connectivity index (χ0n) is 9.04. The highest BCUT2D eigenvalue weighted by atomic mass is 32.2. The van der Waals surface area contributed by atoms with Crippen molar-refractivity contribution in [2.24, 2.45) is 5.92 Å². The summed E-state index contributed by atoms with van der Waals surface area (Å²) < 4.78 is 25.2. The van der Waals surface area contributed by atoms with Gasteiger partial charge in [-0.1, -0.05) is 0 Å². The fourth-order valence-electron chi connectivity index (χ4n) is 1.52. The molecule has 17 heavy (non-hydrogen) atoms. The number of nitrogens with zero attached hydrogens (tertiary/aromatic N) is 2. The maximum absolute atomic E-state index is 12.1. The number of aromatic nitrogens is 2. The van der Waals surface area contributed by atoms with E-state index in [1.165, 1.54) is 12.4 Å². The summed E-state index contributed by atoms with van der Waals surface area (Å²) in [5.74, 6) is -0.867. The second-order valence-electron chi connectivity index (χ2n) is 4.07. The quantitative estimate of drug-likeness (QED) is 0.742. The maximum Gasteiger partial charge on any atom is 0.318 e. The molecule has 0 unspecified atom stereocenters. The molecule has 1 aromatic heterocycles. The Bertz CT molecular complexity index is 492. The van der Waals surface area contributed by atoms with Crippen LogP contribution < -0.4 is 0 Å².